The molecule has 1 N–H and O–H groups in total. The minimum atomic E-state index is -0.563. The molecule has 3 aromatic carbocycles. The molecule has 7 nitrogen and oxygen atoms in total. The summed E-state index contributed by atoms with van der Waals surface area (Å²) in [6.45, 7) is 4.82. The van der Waals surface area contributed by atoms with Gasteiger partial charge in [-0.2, -0.15) is 0 Å². The van der Waals surface area contributed by atoms with Crippen LogP contribution in [0.4, 0.5) is 5.69 Å². The quantitative estimate of drug-likeness (QED) is 0.222. The predicted molar refractivity (Wildman–Crippen MR) is 147 cm³/mol. The Morgan fingerprint density at radius 1 is 0.946 bits per heavy atom. The van der Waals surface area contributed by atoms with Gasteiger partial charge in [-0.15, -0.1) is 0 Å². The van der Waals surface area contributed by atoms with E-state index in [0.717, 1.165) is 6.42 Å². The number of ether oxygens (including phenoxy) is 3. The molecule has 1 saturated heterocycles. The van der Waals surface area contributed by atoms with Crippen molar-refractivity contribution in [2.75, 3.05) is 18.6 Å². The molecule has 8 heteroatoms. The Morgan fingerprint density at radius 2 is 1.65 bits per heavy atom. The lowest BCUT2D eigenvalue weighted by atomic mass is 10.1. The summed E-state index contributed by atoms with van der Waals surface area (Å²) in [6.07, 6.45) is 2.43. The van der Waals surface area contributed by atoms with Crippen LogP contribution in [0, 0.1) is 5.92 Å². The van der Waals surface area contributed by atoms with Crippen LogP contribution in [0.3, 0.4) is 0 Å². The number of anilines is 1. The molecule has 1 aliphatic heterocycles. The van der Waals surface area contributed by atoms with Crippen LogP contribution in [-0.2, 0) is 9.59 Å². The highest BCUT2D eigenvalue weighted by atomic mass is 32.1. The van der Waals surface area contributed by atoms with Crippen molar-refractivity contribution in [3.63, 3.8) is 0 Å². The highest BCUT2D eigenvalue weighted by molar-refractivity contribution is 7.80. The van der Waals surface area contributed by atoms with E-state index in [2.05, 4.69) is 19.2 Å². The van der Waals surface area contributed by atoms with E-state index >= 15 is 0 Å². The molecule has 1 fully saturated rings. The van der Waals surface area contributed by atoms with Crippen LogP contribution in [0.2, 0.25) is 0 Å². The number of thiocarbonyl (C=S) groups is 1. The molecule has 0 radical (unpaired) electrons. The number of amides is 2. The lowest BCUT2D eigenvalue weighted by Gasteiger charge is -2.29. The fourth-order valence-corrected chi connectivity index (χ4v) is 3.93. The number of carbonyl (C=O) groups is 2. The van der Waals surface area contributed by atoms with Crippen molar-refractivity contribution >= 4 is 40.9 Å². The Labute approximate surface area is 221 Å². The summed E-state index contributed by atoms with van der Waals surface area (Å²) in [4.78, 5) is 27.4. The summed E-state index contributed by atoms with van der Waals surface area (Å²) in [7, 11) is 1.55. The summed E-state index contributed by atoms with van der Waals surface area (Å²) in [5.74, 6) is 1.85. The molecule has 0 unspecified atom stereocenters. The maximum absolute atomic E-state index is 13.4. The summed E-state index contributed by atoms with van der Waals surface area (Å²) in [5.41, 5.74) is 1.08. The molecule has 1 heterocycles. The molecule has 0 saturated carbocycles. The smallest absolute Gasteiger partial charge is 0.270 e. The largest absolute Gasteiger partial charge is 0.493 e. The van der Waals surface area contributed by atoms with Crippen LogP contribution in [0.25, 0.3) is 6.08 Å². The predicted octanol–water partition coefficient (Wildman–Crippen LogP) is 5.74. The Kier molecular flexibility index (Phi) is 8.20. The van der Waals surface area contributed by atoms with Crippen molar-refractivity contribution in [2.24, 2.45) is 5.92 Å². The number of nitrogens with one attached hydrogen (secondary N) is 1. The molecule has 0 bridgehead atoms. The number of nitrogens with zero attached hydrogens (tertiary/aromatic N) is 1. The number of hydrogen-bond acceptors (Lipinski definition) is 6. The first-order valence-corrected chi connectivity index (χ1v) is 12.3. The third-order valence-electron chi connectivity index (χ3n) is 5.63. The van der Waals surface area contributed by atoms with E-state index in [1.807, 2.05) is 30.3 Å². The van der Waals surface area contributed by atoms with Gasteiger partial charge >= 0.3 is 0 Å². The Morgan fingerprint density at radius 3 is 2.32 bits per heavy atom. The molecule has 0 spiro atoms. The zero-order valence-electron chi connectivity index (χ0n) is 20.9. The van der Waals surface area contributed by atoms with Gasteiger partial charge in [0, 0.05) is 0 Å². The van der Waals surface area contributed by atoms with Gasteiger partial charge in [-0.1, -0.05) is 38.1 Å². The Bertz CT molecular complexity index is 1320. The summed E-state index contributed by atoms with van der Waals surface area (Å²) >= 11 is 5.31. The second-order valence-corrected chi connectivity index (χ2v) is 9.19. The van der Waals surface area contributed by atoms with E-state index in [1.165, 1.54) is 11.0 Å². The van der Waals surface area contributed by atoms with Gasteiger partial charge in [-0.05, 0) is 84.7 Å². The average Bonchev–Trinajstić information content (AvgIpc) is 2.88. The first-order chi connectivity index (χ1) is 17.9. The molecule has 37 heavy (non-hydrogen) atoms. The highest BCUT2D eigenvalue weighted by Gasteiger charge is 2.34. The normalized spacial score (nSPS) is 14.6. The molecule has 190 valence electrons. The van der Waals surface area contributed by atoms with Crippen LogP contribution in [-0.4, -0.2) is 30.6 Å². The number of para-hydroxylation sites is 1. The van der Waals surface area contributed by atoms with E-state index in [-0.39, 0.29) is 10.7 Å². The molecular weight excluding hydrogens is 488 g/mol. The molecule has 0 atom stereocenters. The van der Waals surface area contributed by atoms with Gasteiger partial charge in [0.2, 0.25) is 0 Å². The zero-order valence-corrected chi connectivity index (χ0v) is 21.7. The van der Waals surface area contributed by atoms with Crippen molar-refractivity contribution in [1.29, 1.82) is 0 Å². The number of benzene rings is 3. The van der Waals surface area contributed by atoms with Crippen molar-refractivity contribution in [3.05, 3.63) is 83.9 Å². The minimum Gasteiger partial charge on any atom is -0.493 e. The fraction of sp³-hybridized carbons (Fsp3) is 0.207. The topological polar surface area (TPSA) is 77.1 Å². The SMILES string of the molecule is COc1cc(/C=C2\C(=O)NC(=S)N(c3ccc(Oc4ccccc4)cc3)C2=O)ccc1OCCC(C)C. The molecular formula is C29H28N2O5S. The minimum absolute atomic E-state index is 0.00959. The maximum Gasteiger partial charge on any atom is 0.270 e. The number of hydrogen-bond donors (Lipinski definition) is 1. The molecule has 2 amide bonds. The second kappa shape index (κ2) is 11.7. The second-order valence-electron chi connectivity index (χ2n) is 8.81. The van der Waals surface area contributed by atoms with Crippen LogP contribution >= 0.6 is 12.2 Å². The standard InChI is InChI=1S/C29H28N2O5S/c1-19(2)15-16-35-25-14-9-20(18-26(25)34-3)17-24-27(32)30-29(37)31(28(24)33)21-10-12-23(13-11-21)36-22-7-5-4-6-8-22/h4-14,17-19H,15-16H2,1-3H3,(H,30,32,37)/b24-17+. The van der Waals surface area contributed by atoms with Crippen LogP contribution in [0.1, 0.15) is 25.8 Å². The van der Waals surface area contributed by atoms with Crippen molar-refractivity contribution in [1.82, 2.24) is 5.32 Å². The van der Waals surface area contributed by atoms with E-state index in [9.17, 15) is 9.59 Å². The van der Waals surface area contributed by atoms with E-state index < -0.39 is 11.8 Å². The number of rotatable bonds is 9. The zero-order chi connectivity index (χ0) is 26.4. The van der Waals surface area contributed by atoms with E-state index in [0.29, 0.717) is 46.8 Å². The molecule has 0 aliphatic carbocycles. The summed E-state index contributed by atoms with van der Waals surface area (Å²) < 4.78 is 17.1. The molecule has 0 aromatic heterocycles. The van der Waals surface area contributed by atoms with E-state index in [1.54, 1.807) is 49.6 Å². The number of carbonyl (C=O) groups excluding carboxylic acids is 2. The van der Waals surface area contributed by atoms with Gasteiger partial charge in [0.15, 0.2) is 16.6 Å². The maximum atomic E-state index is 13.4. The van der Waals surface area contributed by atoms with Gasteiger partial charge in [-0.25, -0.2) is 0 Å². The van der Waals surface area contributed by atoms with Gasteiger partial charge < -0.3 is 14.2 Å². The molecule has 1 aliphatic rings. The van der Waals surface area contributed by atoms with Gasteiger partial charge in [-0.3, -0.25) is 19.8 Å². The first kappa shape index (κ1) is 25.9. The monoisotopic (exact) mass is 516 g/mol. The third-order valence-corrected chi connectivity index (χ3v) is 5.91. The summed E-state index contributed by atoms with van der Waals surface area (Å²) in [5, 5.41) is 2.61. The summed E-state index contributed by atoms with van der Waals surface area (Å²) in [6, 6.07) is 21.5. The lowest BCUT2D eigenvalue weighted by Crippen LogP contribution is -2.54. The molecule has 3 aromatic rings. The van der Waals surface area contributed by atoms with Crippen LogP contribution < -0.4 is 24.4 Å². The fourth-order valence-electron chi connectivity index (χ4n) is 3.64. The average molecular weight is 517 g/mol. The van der Waals surface area contributed by atoms with E-state index in [4.69, 9.17) is 26.4 Å². The van der Waals surface area contributed by atoms with Crippen LogP contribution in [0.5, 0.6) is 23.0 Å². The van der Waals surface area contributed by atoms with Crippen molar-refractivity contribution in [3.8, 4) is 23.0 Å². The Balaban J connectivity index is 1.54. The van der Waals surface area contributed by atoms with Gasteiger partial charge in [0.25, 0.3) is 11.8 Å². The van der Waals surface area contributed by atoms with Crippen LogP contribution in [0.15, 0.2) is 78.4 Å². The van der Waals surface area contributed by atoms with Crippen molar-refractivity contribution in [2.45, 2.75) is 20.3 Å². The Hall–Kier alpha value is -4.17. The molecule has 4 rings (SSSR count). The highest BCUT2D eigenvalue weighted by Crippen LogP contribution is 2.31. The van der Waals surface area contributed by atoms with Crippen molar-refractivity contribution < 1.29 is 23.8 Å². The third kappa shape index (κ3) is 6.34. The van der Waals surface area contributed by atoms with Gasteiger partial charge in [0.05, 0.1) is 19.4 Å². The lowest BCUT2D eigenvalue weighted by molar-refractivity contribution is -0.122. The number of methoxy groups -OCH3 is 1. The first-order valence-electron chi connectivity index (χ1n) is 11.9. The van der Waals surface area contributed by atoms with Gasteiger partial charge in [0.1, 0.15) is 17.1 Å².